The highest BCUT2D eigenvalue weighted by molar-refractivity contribution is 8.16. The molecule has 122 valence electrons. The van der Waals surface area contributed by atoms with Gasteiger partial charge < -0.3 is 10.1 Å². The molecule has 1 saturated heterocycles. The van der Waals surface area contributed by atoms with Gasteiger partial charge in [0.2, 0.25) is 0 Å². The Balaban J connectivity index is 1.82. The third-order valence-corrected chi connectivity index (χ3v) is 6.73. The minimum Gasteiger partial charge on any atom is -0.484 e. The average Bonchev–Trinajstić information content (AvgIpc) is 2.54. The van der Waals surface area contributed by atoms with Crippen molar-refractivity contribution in [2.24, 2.45) is 0 Å². The van der Waals surface area contributed by atoms with Crippen LogP contribution in [0.4, 0.5) is 0 Å². The van der Waals surface area contributed by atoms with E-state index in [0.717, 1.165) is 12.2 Å². The number of thioether (sulfide) groups is 2. The van der Waals surface area contributed by atoms with Crippen LogP contribution in [0.3, 0.4) is 0 Å². The normalized spacial score (nSPS) is 16.3. The molecule has 1 heterocycles. The van der Waals surface area contributed by atoms with Gasteiger partial charge in [-0.25, -0.2) is 0 Å². The van der Waals surface area contributed by atoms with Crippen molar-refractivity contribution < 1.29 is 9.53 Å². The average molecular weight is 340 g/mol. The van der Waals surface area contributed by atoms with E-state index in [2.05, 4.69) is 24.4 Å². The van der Waals surface area contributed by atoms with Crippen LogP contribution < -0.4 is 10.1 Å². The molecule has 1 fully saturated rings. The summed E-state index contributed by atoms with van der Waals surface area (Å²) in [6.45, 7) is 6.15. The molecule has 1 aromatic carbocycles. The van der Waals surface area contributed by atoms with E-state index in [1.165, 1.54) is 23.5 Å². The summed E-state index contributed by atoms with van der Waals surface area (Å²) in [6.07, 6.45) is 2.19. The summed E-state index contributed by atoms with van der Waals surface area (Å²) >= 11 is 4.01. The molecular formula is C17H25NO2S2. The highest BCUT2D eigenvalue weighted by Crippen LogP contribution is 2.43. The van der Waals surface area contributed by atoms with Crippen LogP contribution in [0.2, 0.25) is 0 Å². The van der Waals surface area contributed by atoms with Gasteiger partial charge in [-0.15, -0.1) is 23.5 Å². The molecule has 3 nitrogen and oxygen atoms in total. The summed E-state index contributed by atoms with van der Waals surface area (Å²) < 4.78 is 6.11. The second-order valence-electron chi connectivity index (χ2n) is 6.07. The Morgan fingerprint density at radius 3 is 2.50 bits per heavy atom. The number of rotatable bonds is 6. The SMILES string of the molecule is CCC(C)(C)NC(=O)COc1ccc(C2SCCCS2)cc1. The molecule has 0 aromatic heterocycles. The van der Waals surface area contributed by atoms with E-state index in [9.17, 15) is 4.79 Å². The van der Waals surface area contributed by atoms with Gasteiger partial charge >= 0.3 is 0 Å². The zero-order chi connectivity index (χ0) is 16.0. The summed E-state index contributed by atoms with van der Waals surface area (Å²) in [5.74, 6) is 3.15. The number of hydrogen-bond acceptors (Lipinski definition) is 4. The highest BCUT2D eigenvalue weighted by atomic mass is 32.2. The second kappa shape index (κ2) is 8.16. The Hall–Kier alpha value is -0.810. The lowest BCUT2D eigenvalue weighted by Crippen LogP contribution is -2.44. The molecule has 1 aromatic rings. The molecule has 1 aliphatic rings. The summed E-state index contributed by atoms with van der Waals surface area (Å²) in [5, 5.41) is 2.97. The molecule has 1 amide bonds. The van der Waals surface area contributed by atoms with Crippen LogP contribution in [0.5, 0.6) is 5.75 Å². The number of hydrogen-bond donors (Lipinski definition) is 1. The highest BCUT2D eigenvalue weighted by Gasteiger charge is 2.18. The Labute approximate surface area is 142 Å². The fourth-order valence-corrected chi connectivity index (χ4v) is 4.95. The lowest BCUT2D eigenvalue weighted by Gasteiger charge is -2.24. The Bertz CT molecular complexity index is 482. The van der Waals surface area contributed by atoms with E-state index in [1.54, 1.807) is 0 Å². The zero-order valence-electron chi connectivity index (χ0n) is 13.6. The molecule has 1 N–H and O–H groups in total. The van der Waals surface area contributed by atoms with E-state index < -0.39 is 0 Å². The van der Waals surface area contributed by atoms with Crippen LogP contribution in [0.1, 0.15) is 43.8 Å². The van der Waals surface area contributed by atoms with Crippen molar-refractivity contribution in [3.05, 3.63) is 29.8 Å². The predicted molar refractivity (Wildman–Crippen MR) is 96.7 cm³/mol. The molecule has 2 rings (SSSR count). The molecule has 0 unspecified atom stereocenters. The van der Waals surface area contributed by atoms with Crippen LogP contribution in [-0.4, -0.2) is 29.6 Å². The second-order valence-corrected chi connectivity index (χ2v) is 8.79. The number of carbonyl (C=O) groups is 1. The van der Waals surface area contributed by atoms with Gasteiger partial charge in [-0.05, 0) is 55.9 Å². The van der Waals surface area contributed by atoms with E-state index in [-0.39, 0.29) is 18.1 Å². The fourth-order valence-electron chi connectivity index (χ4n) is 2.05. The Morgan fingerprint density at radius 2 is 1.91 bits per heavy atom. The molecular weight excluding hydrogens is 314 g/mol. The maximum Gasteiger partial charge on any atom is 0.258 e. The minimum absolute atomic E-state index is 0.0652. The standard InChI is InChI=1S/C17H25NO2S2/c1-4-17(2,3)18-15(19)12-20-14-8-6-13(7-9-14)16-21-10-5-11-22-16/h6-9,16H,4-5,10-12H2,1-3H3,(H,18,19). The van der Waals surface area contributed by atoms with Crippen molar-refractivity contribution >= 4 is 29.4 Å². The lowest BCUT2D eigenvalue weighted by molar-refractivity contribution is -0.124. The van der Waals surface area contributed by atoms with Gasteiger partial charge in [0.25, 0.3) is 5.91 Å². The van der Waals surface area contributed by atoms with Gasteiger partial charge in [0.1, 0.15) is 5.75 Å². The number of nitrogens with one attached hydrogen (secondary N) is 1. The predicted octanol–water partition coefficient (Wildman–Crippen LogP) is 4.24. The third kappa shape index (κ3) is 5.43. The number of ether oxygens (including phenoxy) is 1. The number of carbonyl (C=O) groups excluding carboxylic acids is 1. The summed E-state index contributed by atoms with van der Waals surface area (Å²) in [5.41, 5.74) is 1.15. The smallest absolute Gasteiger partial charge is 0.258 e. The first-order chi connectivity index (χ1) is 10.5. The van der Waals surface area contributed by atoms with Crippen molar-refractivity contribution in [2.75, 3.05) is 18.1 Å². The Morgan fingerprint density at radius 1 is 1.27 bits per heavy atom. The maximum atomic E-state index is 11.9. The van der Waals surface area contributed by atoms with Crippen LogP contribution in [0.15, 0.2) is 24.3 Å². The van der Waals surface area contributed by atoms with Crippen LogP contribution in [0.25, 0.3) is 0 Å². The minimum atomic E-state index is -0.181. The van der Waals surface area contributed by atoms with Gasteiger partial charge in [-0.1, -0.05) is 19.1 Å². The van der Waals surface area contributed by atoms with Crippen molar-refractivity contribution in [3.8, 4) is 5.75 Å². The van der Waals surface area contributed by atoms with Gasteiger partial charge in [0, 0.05) is 5.54 Å². The molecule has 0 atom stereocenters. The number of amides is 1. The van der Waals surface area contributed by atoms with Crippen molar-refractivity contribution in [1.29, 1.82) is 0 Å². The van der Waals surface area contributed by atoms with Crippen LogP contribution in [0, 0.1) is 0 Å². The molecule has 5 heteroatoms. The van der Waals surface area contributed by atoms with Gasteiger partial charge in [0.05, 0.1) is 4.58 Å². The van der Waals surface area contributed by atoms with Crippen molar-refractivity contribution in [3.63, 3.8) is 0 Å². The van der Waals surface area contributed by atoms with Crippen LogP contribution in [-0.2, 0) is 4.79 Å². The van der Waals surface area contributed by atoms with Crippen molar-refractivity contribution in [1.82, 2.24) is 5.32 Å². The largest absolute Gasteiger partial charge is 0.484 e. The summed E-state index contributed by atoms with van der Waals surface area (Å²) in [6, 6.07) is 8.14. The third-order valence-electron chi connectivity index (χ3n) is 3.71. The molecule has 0 aliphatic carbocycles. The quantitative estimate of drug-likeness (QED) is 0.841. The zero-order valence-corrected chi connectivity index (χ0v) is 15.2. The number of benzene rings is 1. The van der Waals surface area contributed by atoms with E-state index in [0.29, 0.717) is 4.58 Å². The Kier molecular flexibility index (Phi) is 6.50. The summed E-state index contributed by atoms with van der Waals surface area (Å²) in [7, 11) is 0. The molecule has 0 radical (unpaired) electrons. The van der Waals surface area contributed by atoms with Crippen LogP contribution >= 0.6 is 23.5 Å². The molecule has 1 aliphatic heterocycles. The summed E-state index contributed by atoms with van der Waals surface area (Å²) in [4.78, 5) is 11.9. The first-order valence-corrected chi connectivity index (χ1v) is 9.87. The van der Waals surface area contributed by atoms with E-state index in [4.69, 9.17) is 4.74 Å². The van der Waals surface area contributed by atoms with Gasteiger partial charge in [-0.3, -0.25) is 4.79 Å². The van der Waals surface area contributed by atoms with Gasteiger partial charge in [-0.2, -0.15) is 0 Å². The molecule has 0 saturated carbocycles. The topological polar surface area (TPSA) is 38.3 Å². The van der Waals surface area contributed by atoms with E-state index in [1.807, 2.05) is 49.5 Å². The molecule has 0 bridgehead atoms. The molecule has 0 spiro atoms. The monoisotopic (exact) mass is 339 g/mol. The van der Waals surface area contributed by atoms with Gasteiger partial charge in [0.15, 0.2) is 6.61 Å². The lowest BCUT2D eigenvalue weighted by atomic mass is 10.0. The maximum absolute atomic E-state index is 11.9. The fraction of sp³-hybridized carbons (Fsp3) is 0.588. The first kappa shape index (κ1) is 17.5. The van der Waals surface area contributed by atoms with Crippen molar-refractivity contribution in [2.45, 2.75) is 43.7 Å². The van der Waals surface area contributed by atoms with E-state index >= 15 is 0 Å². The molecule has 22 heavy (non-hydrogen) atoms. The first-order valence-electron chi connectivity index (χ1n) is 7.77.